The van der Waals surface area contributed by atoms with Crippen molar-refractivity contribution in [3.63, 3.8) is 0 Å². The first-order chi connectivity index (χ1) is 16.1. The molecular weight excluding hydrogens is 546 g/mol. The second-order valence-electron chi connectivity index (χ2n) is 8.67. The Kier molecular flexibility index (Phi) is 16.8. The van der Waals surface area contributed by atoms with Crippen LogP contribution in [0.4, 0.5) is 0 Å². The summed E-state index contributed by atoms with van der Waals surface area (Å²) < 4.78 is 4.82. The van der Waals surface area contributed by atoms with Crippen molar-refractivity contribution in [1.29, 1.82) is 0 Å². The first kappa shape index (κ1) is 31.7. The Hall–Kier alpha value is -0.298. The summed E-state index contributed by atoms with van der Waals surface area (Å²) in [6.45, 7) is 16.4. The molecule has 1 saturated heterocycles. The van der Waals surface area contributed by atoms with Crippen molar-refractivity contribution in [3.05, 3.63) is 77.9 Å². The normalized spacial score (nSPS) is 14.6. The molecule has 0 amide bonds. The van der Waals surface area contributed by atoms with Crippen molar-refractivity contribution in [2.24, 2.45) is 4.99 Å². The fourth-order valence-electron chi connectivity index (χ4n) is 3.40. The molecule has 190 valence electrons. The maximum atomic E-state index is 5.08. The Bertz CT molecular complexity index is 798. The van der Waals surface area contributed by atoms with E-state index in [0.29, 0.717) is 11.3 Å². The Balaban J connectivity index is 0.000000537. The fourth-order valence-corrected chi connectivity index (χ4v) is 5.79. The number of hydrogen-bond acceptors (Lipinski definition) is 2. The Morgan fingerprint density at radius 2 is 1.53 bits per heavy atom. The zero-order valence-corrected chi connectivity index (χ0v) is 25.6. The van der Waals surface area contributed by atoms with Gasteiger partial charge < -0.3 is 4.74 Å². The molecule has 34 heavy (non-hydrogen) atoms. The summed E-state index contributed by atoms with van der Waals surface area (Å²) in [7, 11) is 14.0. The third-order valence-electron chi connectivity index (χ3n) is 5.14. The molecule has 2 aromatic rings. The van der Waals surface area contributed by atoms with Crippen LogP contribution >= 0.6 is 38.2 Å². The maximum absolute atomic E-state index is 5.08. The van der Waals surface area contributed by atoms with E-state index in [-0.39, 0.29) is 6.04 Å². The number of nitrogens with one attached hydrogen (secondary N) is 1. The van der Waals surface area contributed by atoms with Crippen molar-refractivity contribution >= 4 is 44.1 Å². The fraction of sp³-hybridized carbons (Fsp3) is 0.462. The number of nitrogens with zero attached hydrogens (tertiary/aromatic N) is 1. The van der Waals surface area contributed by atoms with E-state index in [0.717, 1.165) is 18.9 Å². The van der Waals surface area contributed by atoms with E-state index < -0.39 is 19.5 Å². The van der Waals surface area contributed by atoms with E-state index >= 15 is 0 Å². The van der Waals surface area contributed by atoms with Gasteiger partial charge in [-0.3, -0.25) is 4.99 Å². The minimum atomic E-state index is -1.62. The third-order valence-corrected chi connectivity index (χ3v) is 8.15. The Labute approximate surface area is 225 Å². The molecule has 1 unspecified atom stereocenters. The molecule has 1 N–H and O–H groups in total. The minimum absolute atomic E-state index is 0.132. The summed E-state index contributed by atoms with van der Waals surface area (Å²) in [5.41, 5.74) is 4.99. The summed E-state index contributed by atoms with van der Waals surface area (Å²) >= 11 is -1.62. The van der Waals surface area contributed by atoms with Crippen LogP contribution in [-0.4, -0.2) is 23.8 Å². The molecule has 1 heterocycles. The van der Waals surface area contributed by atoms with Crippen LogP contribution in [0.5, 0.6) is 0 Å². The number of ether oxygens (including phenoxy) is 1. The molecule has 1 atom stereocenters. The molecule has 0 spiro atoms. The summed E-state index contributed by atoms with van der Waals surface area (Å²) in [5, 5.41) is 3.84. The van der Waals surface area contributed by atoms with Crippen LogP contribution < -0.4 is 5.09 Å². The van der Waals surface area contributed by atoms with E-state index in [1.807, 2.05) is 6.61 Å². The van der Waals surface area contributed by atoms with Gasteiger partial charge in [0.25, 0.3) is 0 Å². The van der Waals surface area contributed by atoms with Gasteiger partial charge in [0, 0.05) is 12.2 Å². The second-order valence-corrected chi connectivity index (χ2v) is 18.5. The molecule has 1 aliphatic heterocycles. The molecule has 3 rings (SSSR count). The number of benzene rings is 2. The average Bonchev–Trinajstić information content (AvgIpc) is 3.37. The number of hydrogen-bond donors (Lipinski definition) is 1. The summed E-state index contributed by atoms with van der Waals surface area (Å²) in [5.74, 6) is 1.03. The van der Waals surface area contributed by atoms with Crippen LogP contribution in [0.2, 0.25) is 0 Å². The van der Waals surface area contributed by atoms with Crippen molar-refractivity contribution in [3.8, 4) is 0 Å². The Morgan fingerprint density at radius 1 is 0.971 bits per heavy atom. The number of amidine groups is 1. The molecule has 8 heteroatoms. The van der Waals surface area contributed by atoms with E-state index in [9.17, 15) is 0 Å². The van der Waals surface area contributed by atoms with Gasteiger partial charge in [-0.15, -0.1) is 0 Å². The van der Waals surface area contributed by atoms with Crippen molar-refractivity contribution in [1.82, 2.24) is 5.09 Å². The van der Waals surface area contributed by atoms with Crippen molar-refractivity contribution in [2.75, 3.05) is 6.61 Å². The third kappa shape index (κ3) is 13.7. The molecule has 0 bridgehead atoms. The van der Waals surface area contributed by atoms with Gasteiger partial charge in [-0.2, -0.15) is 6.42 Å². The summed E-state index contributed by atoms with van der Waals surface area (Å²) in [4.78, 5) is 5.08. The zero-order chi connectivity index (χ0) is 25.5. The van der Waals surface area contributed by atoms with Gasteiger partial charge >= 0.3 is 41.5 Å². The molecular formula is C26H39Cl3CrN2OP+. The van der Waals surface area contributed by atoms with Crippen molar-refractivity contribution < 1.29 is 16.1 Å². The van der Waals surface area contributed by atoms with Crippen molar-refractivity contribution in [2.45, 2.75) is 71.7 Å². The summed E-state index contributed by atoms with van der Waals surface area (Å²) in [6.07, 6.45) is 2.38. The van der Waals surface area contributed by atoms with E-state index in [1.54, 1.807) is 0 Å². The van der Waals surface area contributed by atoms with E-state index in [1.165, 1.54) is 23.1 Å². The number of rotatable bonds is 6. The van der Waals surface area contributed by atoms with Gasteiger partial charge in [-0.05, 0) is 47.1 Å². The molecule has 0 aromatic heterocycles. The van der Waals surface area contributed by atoms with Crippen LogP contribution in [0.25, 0.3) is 0 Å². The quantitative estimate of drug-likeness (QED) is 0.159. The van der Waals surface area contributed by atoms with Gasteiger partial charge in [-0.1, -0.05) is 66.6 Å². The molecule has 0 aliphatic carbocycles. The standard InChI is InChI=1S/C22H31N2P.C4H7O.3ClH.Cr/c1-16(2)25(17(3)4)24-22(21-14-12-18(5)13-15-21)23-19(6)20-10-8-7-9-11-20;1-2-4-5-3-1;;;;/h7-17,19H,1-6H3,(H,23,24);3H,1-2,4H2;3*1H;/q;-1;;;;+4/p-2. The molecule has 0 radical (unpaired) electrons. The average molecular weight is 585 g/mol. The van der Waals surface area contributed by atoms with Gasteiger partial charge in [0.15, 0.2) is 5.84 Å². The van der Waals surface area contributed by atoms with Gasteiger partial charge in [0.1, 0.15) is 0 Å². The predicted molar refractivity (Wildman–Crippen MR) is 151 cm³/mol. The van der Waals surface area contributed by atoms with E-state index in [4.69, 9.17) is 39.9 Å². The molecule has 2 aromatic carbocycles. The zero-order valence-electron chi connectivity index (χ0n) is 21.0. The number of halogens is 3. The molecule has 1 fully saturated rings. The van der Waals surface area contributed by atoms with Crippen LogP contribution in [0, 0.1) is 13.5 Å². The van der Waals surface area contributed by atoms with E-state index in [2.05, 4.69) is 101 Å². The molecule has 0 saturated carbocycles. The van der Waals surface area contributed by atoms with Gasteiger partial charge in [0.05, 0.1) is 25.4 Å². The first-order valence-electron chi connectivity index (χ1n) is 11.6. The first-order valence-corrected chi connectivity index (χ1v) is 18.5. The molecule has 3 nitrogen and oxygen atoms in total. The monoisotopic (exact) mass is 583 g/mol. The van der Waals surface area contributed by atoms with Gasteiger partial charge in [-0.25, -0.2) is 11.7 Å². The van der Waals surface area contributed by atoms with Crippen LogP contribution in [-0.2, 0) is 16.1 Å². The van der Waals surface area contributed by atoms with Crippen LogP contribution in [0.15, 0.2) is 59.6 Å². The second kappa shape index (κ2) is 18.0. The number of aliphatic imine (C=N–C) groups is 1. The van der Waals surface area contributed by atoms with Crippen LogP contribution in [0.1, 0.15) is 70.2 Å². The molecule has 1 aliphatic rings. The predicted octanol–water partition coefficient (Wildman–Crippen LogP) is 9.06. The topological polar surface area (TPSA) is 33.6 Å². The van der Waals surface area contributed by atoms with Gasteiger partial charge in [0.2, 0.25) is 0 Å². The number of aryl methyl sites for hydroxylation is 1. The SMILES string of the molecule is Cc1ccc(C(=NC(C)c2ccccc2)N[PH+](C(C)C)C(C)C)cc1.[CH-]1CCCO1.[Cl][Cr+]([Cl])[Cl]. The summed E-state index contributed by atoms with van der Waals surface area (Å²) in [6, 6.07) is 19.3. The Morgan fingerprint density at radius 3 is 1.94 bits per heavy atom. The van der Waals surface area contributed by atoms with Crippen LogP contribution in [0.3, 0.4) is 0 Å².